The van der Waals surface area contributed by atoms with E-state index in [-0.39, 0.29) is 0 Å². The molecule has 0 aromatic heterocycles. The average molecular weight is 195 g/mol. The van der Waals surface area contributed by atoms with E-state index >= 15 is 0 Å². The summed E-state index contributed by atoms with van der Waals surface area (Å²) in [5, 5.41) is 10.4. The second kappa shape index (κ2) is 4.50. The van der Waals surface area contributed by atoms with Gasteiger partial charge < -0.3 is 19.4 Å². The number of aliphatic carboxylic acids is 1. The van der Waals surface area contributed by atoms with Crippen molar-refractivity contribution in [3.63, 3.8) is 0 Å². The van der Waals surface area contributed by atoms with Gasteiger partial charge in [0.1, 0.15) is 6.10 Å². The molecule has 0 saturated carbocycles. The zero-order valence-electron chi connectivity index (χ0n) is 8.02. The highest BCUT2D eigenvalue weighted by molar-refractivity contribution is 5.70. The van der Waals surface area contributed by atoms with Crippen LogP contribution in [0.5, 0.6) is 11.5 Å². The monoisotopic (exact) mass is 195 g/mol. The normalized spacial score (nSPS) is 11.9. The number of hydrogen-bond donors (Lipinski definition) is 0. The molecule has 0 N–H and O–H groups in total. The van der Waals surface area contributed by atoms with E-state index in [9.17, 15) is 9.90 Å². The Kier molecular flexibility index (Phi) is 3.34. The molecule has 4 nitrogen and oxygen atoms in total. The van der Waals surface area contributed by atoms with Crippen LogP contribution in [0.1, 0.15) is 6.92 Å². The van der Waals surface area contributed by atoms with Crippen LogP contribution in [-0.4, -0.2) is 19.2 Å². The Morgan fingerprint density at radius 3 is 2.43 bits per heavy atom. The predicted octanol–water partition coefficient (Wildman–Crippen LogP) is 0.212. The van der Waals surface area contributed by atoms with Crippen molar-refractivity contribution in [3.05, 3.63) is 24.3 Å². The van der Waals surface area contributed by atoms with Gasteiger partial charge in [-0.2, -0.15) is 0 Å². The van der Waals surface area contributed by atoms with Gasteiger partial charge in [0, 0.05) is 0 Å². The molecule has 0 heterocycles. The maximum absolute atomic E-state index is 10.4. The molecule has 76 valence electrons. The van der Waals surface area contributed by atoms with E-state index in [0.29, 0.717) is 11.5 Å². The number of carbonyl (C=O) groups excluding carboxylic acids is 1. The Labute approximate surface area is 82.1 Å². The van der Waals surface area contributed by atoms with E-state index in [1.54, 1.807) is 24.3 Å². The third kappa shape index (κ3) is 2.39. The van der Waals surface area contributed by atoms with Crippen molar-refractivity contribution >= 4 is 5.97 Å². The van der Waals surface area contributed by atoms with Gasteiger partial charge in [0.05, 0.1) is 13.1 Å². The minimum atomic E-state index is -1.25. The van der Waals surface area contributed by atoms with Crippen LogP contribution in [0.4, 0.5) is 0 Å². The Bertz CT molecular complexity index is 322. The molecular formula is C10H11O4-. The third-order valence-electron chi connectivity index (χ3n) is 1.70. The fourth-order valence-corrected chi connectivity index (χ4v) is 0.955. The van der Waals surface area contributed by atoms with E-state index in [1.165, 1.54) is 14.0 Å². The number of rotatable bonds is 4. The molecule has 0 unspecified atom stereocenters. The van der Waals surface area contributed by atoms with Crippen LogP contribution in [0, 0.1) is 0 Å². The number of para-hydroxylation sites is 2. The van der Waals surface area contributed by atoms with Gasteiger partial charge in [0.2, 0.25) is 0 Å². The lowest BCUT2D eigenvalue weighted by Crippen LogP contribution is -2.37. The quantitative estimate of drug-likeness (QED) is 0.689. The zero-order valence-corrected chi connectivity index (χ0v) is 8.02. The number of carboxylic acid groups (broad SMARTS) is 1. The summed E-state index contributed by atoms with van der Waals surface area (Å²) in [4.78, 5) is 10.4. The number of methoxy groups -OCH3 is 1. The van der Waals surface area contributed by atoms with Crippen molar-refractivity contribution in [1.82, 2.24) is 0 Å². The fourth-order valence-electron chi connectivity index (χ4n) is 0.955. The highest BCUT2D eigenvalue weighted by Gasteiger charge is 2.08. The number of hydrogen-bond acceptors (Lipinski definition) is 4. The van der Waals surface area contributed by atoms with Crippen molar-refractivity contribution in [2.75, 3.05) is 7.11 Å². The molecule has 0 fully saturated rings. The van der Waals surface area contributed by atoms with Crippen LogP contribution in [0.15, 0.2) is 24.3 Å². The van der Waals surface area contributed by atoms with Crippen molar-refractivity contribution in [3.8, 4) is 11.5 Å². The summed E-state index contributed by atoms with van der Waals surface area (Å²) in [7, 11) is 1.49. The SMILES string of the molecule is COc1ccccc1O[C@H](C)C(=O)[O-]. The molecular weight excluding hydrogens is 184 g/mol. The third-order valence-corrected chi connectivity index (χ3v) is 1.70. The van der Waals surface area contributed by atoms with E-state index in [4.69, 9.17) is 9.47 Å². The topological polar surface area (TPSA) is 58.6 Å². The van der Waals surface area contributed by atoms with Crippen LogP contribution in [0.2, 0.25) is 0 Å². The van der Waals surface area contributed by atoms with Gasteiger partial charge in [-0.05, 0) is 19.1 Å². The molecule has 1 aromatic rings. The summed E-state index contributed by atoms with van der Waals surface area (Å²) in [6.07, 6.45) is -0.994. The van der Waals surface area contributed by atoms with Crippen LogP contribution in [-0.2, 0) is 4.79 Å². The van der Waals surface area contributed by atoms with E-state index in [0.717, 1.165) is 0 Å². The van der Waals surface area contributed by atoms with Gasteiger partial charge in [-0.3, -0.25) is 0 Å². The molecule has 0 aliphatic rings. The van der Waals surface area contributed by atoms with Crippen LogP contribution < -0.4 is 14.6 Å². The largest absolute Gasteiger partial charge is 0.546 e. The first-order valence-electron chi connectivity index (χ1n) is 4.15. The standard InChI is InChI=1S/C10H12O4/c1-7(10(11)12)14-9-6-4-3-5-8(9)13-2/h3-7H,1-2H3,(H,11,12)/p-1/t7-/m1/s1. The van der Waals surface area contributed by atoms with Gasteiger partial charge in [-0.25, -0.2) is 0 Å². The number of carboxylic acids is 1. The molecule has 0 amide bonds. The molecule has 0 radical (unpaired) electrons. The lowest BCUT2D eigenvalue weighted by molar-refractivity contribution is -0.312. The van der Waals surface area contributed by atoms with Crippen molar-refractivity contribution in [2.24, 2.45) is 0 Å². The Hall–Kier alpha value is -1.71. The second-order valence-corrected chi connectivity index (χ2v) is 2.73. The molecule has 0 aliphatic carbocycles. The highest BCUT2D eigenvalue weighted by atomic mass is 16.5. The van der Waals surface area contributed by atoms with Gasteiger partial charge in [0.25, 0.3) is 0 Å². The van der Waals surface area contributed by atoms with Gasteiger partial charge in [0.15, 0.2) is 11.5 Å². The first kappa shape index (κ1) is 10.4. The molecule has 1 aromatic carbocycles. The minimum absolute atomic E-state index is 0.395. The summed E-state index contributed by atoms with van der Waals surface area (Å²) in [5.41, 5.74) is 0. The summed E-state index contributed by atoms with van der Waals surface area (Å²) in [6.45, 7) is 1.40. The highest BCUT2D eigenvalue weighted by Crippen LogP contribution is 2.26. The van der Waals surface area contributed by atoms with E-state index in [1.807, 2.05) is 0 Å². The van der Waals surface area contributed by atoms with Crippen molar-refractivity contribution in [1.29, 1.82) is 0 Å². The molecule has 0 saturated heterocycles. The van der Waals surface area contributed by atoms with Gasteiger partial charge >= 0.3 is 0 Å². The summed E-state index contributed by atoms with van der Waals surface area (Å²) >= 11 is 0. The van der Waals surface area contributed by atoms with Gasteiger partial charge in [-0.15, -0.1) is 0 Å². The number of carbonyl (C=O) groups is 1. The first-order valence-corrected chi connectivity index (χ1v) is 4.15. The Balaban J connectivity index is 2.80. The molecule has 0 bridgehead atoms. The maximum atomic E-state index is 10.4. The van der Waals surface area contributed by atoms with E-state index < -0.39 is 12.1 Å². The Morgan fingerprint density at radius 1 is 1.36 bits per heavy atom. The first-order chi connectivity index (χ1) is 6.65. The molecule has 1 atom stereocenters. The zero-order chi connectivity index (χ0) is 10.6. The van der Waals surface area contributed by atoms with Crippen molar-refractivity contribution in [2.45, 2.75) is 13.0 Å². The van der Waals surface area contributed by atoms with Crippen LogP contribution >= 0.6 is 0 Å². The number of ether oxygens (including phenoxy) is 2. The molecule has 0 spiro atoms. The maximum Gasteiger partial charge on any atom is 0.162 e. The molecule has 4 heteroatoms. The Morgan fingerprint density at radius 2 is 1.93 bits per heavy atom. The second-order valence-electron chi connectivity index (χ2n) is 2.73. The lowest BCUT2D eigenvalue weighted by atomic mass is 10.3. The van der Waals surface area contributed by atoms with E-state index in [2.05, 4.69) is 0 Å². The minimum Gasteiger partial charge on any atom is -0.546 e. The average Bonchev–Trinajstić information content (AvgIpc) is 2.18. The van der Waals surface area contributed by atoms with Crippen LogP contribution in [0.3, 0.4) is 0 Å². The smallest absolute Gasteiger partial charge is 0.162 e. The molecule has 1 rings (SSSR count). The fraction of sp³-hybridized carbons (Fsp3) is 0.300. The summed E-state index contributed by atoms with van der Waals surface area (Å²) in [5.74, 6) is -0.358. The number of benzene rings is 1. The van der Waals surface area contributed by atoms with Crippen LogP contribution in [0.25, 0.3) is 0 Å². The summed E-state index contributed by atoms with van der Waals surface area (Å²) < 4.78 is 10.1. The van der Waals surface area contributed by atoms with Crippen molar-refractivity contribution < 1.29 is 19.4 Å². The lowest BCUT2D eigenvalue weighted by Gasteiger charge is -2.17. The van der Waals surface area contributed by atoms with Gasteiger partial charge in [-0.1, -0.05) is 12.1 Å². The predicted molar refractivity (Wildman–Crippen MR) is 48.1 cm³/mol. The molecule has 0 aliphatic heterocycles. The summed E-state index contributed by atoms with van der Waals surface area (Å²) in [6, 6.07) is 6.84. The molecule has 14 heavy (non-hydrogen) atoms.